The molecule has 1 aliphatic carbocycles. The molecule has 0 saturated heterocycles. The maximum Gasteiger partial charge on any atom is 0.104 e. The van der Waals surface area contributed by atoms with Crippen LogP contribution in [0, 0.1) is 6.92 Å². The van der Waals surface area contributed by atoms with E-state index in [9.17, 15) is 5.11 Å². The van der Waals surface area contributed by atoms with Crippen LogP contribution >= 0.6 is 15.9 Å². The Morgan fingerprint density at radius 1 is 1.05 bits per heavy atom. The van der Waals surface area contributed by atoms with Gasteiger partial charge in [-0.3, -0.25) is 0 Å². The van der Waals surface area contributed by atoms with Crippen molar-refractivity contribution in [3.63, 3.8) is 0 Å². The third-order valence-electron chi connectivity index (χ3n) is 4.21. The lowest BCUT2D eigenvalue weighted by atomic mass is 9.80. The fourth-order valence-electron chi connectivity index (χ4n) is 2.81. The van der Waals surface area contributed by atoms with Crippen LogP contribution in [0.4, 0.5) is 0 Å². The number of aryl methyl sites for hydroxylation is 1. The predicted molar refractivity (Wildman–Crippen MR) is 86.0 cm³/mol. The van der Waals surface area contributed by atoms with Crippen molar-refractivity contribution in [3.8, 4) is 0 Å². The fourth-order valence-corrected chi connectivity index (χ4v) is 3.43. The highest BCUT2D eigenvalue weighted by molar-refractivity contribution is 9.10. The molecule has 104 valence electrons. The van der Waals surface area contributed by atoms with Gasteiger partial charge in [-0.05, 0) is 60.1 Å². The largest absolute Gasteiger partial charge is 0.384 e. The van der Waals surface area contributed by atoms with Crippen LogP contribution in [-0.2, 0) is 0 Å². The maximum atomic E-state index is 10.5. The third-order valence-corrected chi connectivity index (χ3v) is 4.67. The molecule has 1 saturated carbocycles. The summed E-state index contributed by atoms with van der Waals surface area (Å²) >= 11 is 3.49. The van der Waals surface area contributed by atoms with Crippen molar-refractivity contribution in [1.29, 1.82) is 0 Å². The van der Waals surface area contributed by atoms with Gasteiger partial charge >= 0.3 is 0 Å². The standard InChI is InChI=1S/C18H19BrO/c1-12-9-16(11-17(19)10-12)18(20)15-7-5-14(6-8-15)13-3-2-4-13/h5-11,13,18,20H,2-4H2,1H3. The van der Waals surface area contributed by atoms with Gasteiger partial charge in [-0.1, -0.05) is 52.7 Å². The fraction of sp³-hybridized carbons (Fsp3) is 0.333. The van der Waals surface area contributed by atoms with E-state index in [1.165, 1.54) is 24.8 Å². The van der Waals surface area contributed by atoms with Gasteiger partial charge in [0.05, 0.1) is 0 Å². The molecule has 1 atom stereocenters. The number of rotatable bonds is 3. The van der Waals surface area contributed by atoms with E-state index >= 15 is 0 Å². The summed E-state index contributed by atoms with van der Waals surface area (Å²) in [4.78, 5) is 0. The van der Waals surface area contributed by atoms with E-state index in [0.29, 0.717) is 0 Å². The van der Waals surface area contributed by atoms with Crippen LogP contribution in [0.3, 0.4) is 0 Å². The van der Waals surface area contributed by atoms with Crippen molar-refractivity contribution < 1.29 is 5.11 Å². The predicted octanol–water partition coefficient (Wildman–Crippen LogP) is 5.11. The molecule has 20 heavy (non-hydrogen) atoms. The second-order valence-electron chi connectivity index (χ2n) is 5.76. The third kappa shape index (κ3) is 2.82. The van der Waals surface area contributed by atoms with E-state index in [4.69, 9.17) is 0 Å². The number of halogens is 1. The van der Waals surface area contributed by atoms with Crippen LogP contribution in [-0.4, -0.2) is 5.11 Å². The van der Waals surface area contributed by atoms with Crippen molar-refractivity contribution in [3.05, 3.63) is 69.2 Å². The summed E-state index contributed by atoms with van der Waals surface area (Å²) in [5.41, 5.74) is 4.47. The van der Waals surface area contributed by atoms with E-state index < -0.39 is 6.10 Å². The molecule has 1 aliphatic rings. The van der Waals surface area contributed by atoms with Gasteiger partial charge in [0.25, 0.3) is 0 Å². The average molecular weight is 331 g/mol. The first-order valence-electron chi connectivity index (χ1n) is 7.18. The zero-order valence-corrected chi connectivity index (χ0v) is 13.2. The molecule has 1 nitrogen and oxygen atoms in total. The first kappa shape index (κ1) is 13.8. The molecule has 1 unspecified atom stereocenters. The molecular formula is C18H19BrO. The summed E-state index contributed by atoms with van der Waals surface area (Å²) in [5.74, 6) is 0.745. The van der Waals surface area contributed by atoms with Gasteiger partial charge in [-0.2, -0.15) is 0 Å². The van der Waals surface area contributed by atoms with Gasteiger partial charge in [0.1, 0.15) is 6.10 Å². The second-order valence-corrected chi connectivity index (χ2v) is 6.67. The molecule has 2 aromatic rings. The highest BCUT2D eigenvalue weighted by Gasteiger charge is 2.19. The molecule has 0 amide bonds. The van der Waals surface area contributed by atoms with Crippen LogP contribution in [0.15, 0.2) is 46.9 Å². The number of aliphatic hydroxyl groups excluding tert-OH is 1. The minimum Gasteiger partial charge on any atom is -0.384 e. The van der Waals surface area contributed by atoms with Gasteiger partial charge in [0.2, 0.25) is 0 Å². The smallest absolute Gasteiger partial charge is 0.104 e. The van der Waals surface area contributed by atoms with E-state index in [-0.39, 0.29) is 0 Å². The van der Waals surface area contributed by atoms with E-state index in [2.05, 4.69) is 46.3 Å². The average Bonchev–Trinajstić information content (AvgIpc) is 2.35. The molecule has 2 aromatic carbocycles. The van der Waals surface area contributed by atoms with Crippen LogP contribution < -0.4 is 0 Å². The van der Waals surface area contributed by atoms with Crippen molar-refractivity contribution in [1.82, 2.24) is 0 Å². The number of aliphatic hydroxyl groups is 1. The molecule has 0 spiro atoms. The lowest BCUT2D eigenvalue weighted by Crippen LogP contribution is -2.09. The minimum atomic E-state index is -0.554. The molecule has 0 aliphatic heterocycles. The molecule has 0 radical (unpaired) electrons. The Balaban J connectivity index is 1.83. The first-order chi connectivity index (χ1) is 9.63. The van der Waals surface area contributed by atoms with Gasteiger partial charge in [0.15, 0.2) is 0 Å². The lowest BCUT2D eigenvalue weighted by molar-refractivity contribution is 0.220. The Labute approximate surface area is 128 Å². The highest BCUT2D eigenvalue weighted by atomic mass is 79.9. The summed E-state index contributed by atoms with van der Waals surface area (Å²) < 4.78 is 1.01. The summed E-state index contributed by atoms with van der Waals surface area (Å²) in [7, 11) is 0. The second kappa shape index (κ2) is 5.71. The zero-order valence-electron chi connectivity index (χ0n) is 11.6. The molecule has 0 bridgehead atoms. The van der Waals surface area contributed by atoms with E-state index in [1.807, 2.05) is 19.1 Å². The monoisotopic (exact) mass is 330 g/mol. The van der Waals surface area contributed by atoms with Gasteiger partial charge in [-0.15, -0.1) is 0 Å². The molecule has 1 N–H and O–H groups in total. The van der Waals surface area contributed by atoms with Crippen molar-refractivity contribution in [2.45, 2.75) is 38.2 Å². The van der Waals surface area contributed by atoms with Gasteiger partial charge in [0, 0.05) is 4.47 Å². The summed E-state index contributed by atoms with van der Waals surface area (Å²) in [6.07, 6.45) is 3.42. The molecule has 1 fully saturated rings. The quantitative estimate of drug-likeness (QED) is 0.829. The van der Waals surface area contributed by atoms with Crippen molar-refractivity contribution in [2.75, 3.05) is 0 Å². The summed E-state index contributed by atoms with van der Waals surface area (Å²) in [6, 6.07) is 14.5. The van der Waals surface area contributed by atoms with Gasteiger partial charge < -0.3 is 5.11 Å². The highest BCUT2D eigenvalue weighted by Crippen LogP contribution is 2.37. The Bertz CT molecular complexity index is 579. The Morgan fingerprint density at radius 2 is 1.75 bits per heavy atom. The minimum absolute atomic E-state index is 0.554. The Hall–Kier alpha value is -1.12. The normalized spacial score (nSPS) is 16.8. The molecule has 2 heteroatoms. The summed E-state index contributed by atoms with van der Waals surface area (Å²) in [6.45, 7) is 2.04. The van der Waals surface area contributed by atoms with Crippen molar-refractivity contribution in [2.24, 2.45) is 0 Å². The lowest BCUT2D eigenvalue weighted by Gasteiger charge is -2.26. The molecular weight excluding hydrogens is 312 g/mol. The van der Waals surface area contributed by atoms with Crippen LogP contribution in [0.1, 0.15) is 53.5 Å². The van der Waals surface area contributed by atoms with Crippen LogP contribution in [0.25, 0.3) is 0 Å². The maximum absolute atomic E-state index is 10.5. The molecule has 0 aromatic heterocycles. The summed E-state index contributed by atoms with van der Waals surface area (Å²) in [5, 5.41) is 10.5. The Morgan fingerprint density at radius 3 is 2.30 bits per heavy atom. The molecule has 3 rings (SSSR count). The SMILES string of the molecule is Cc1cc(Br)cc(C(O)c2ccc(C3CCC3)cc2)c1. The van der Waals surface area contributed by atoms with E-state index in [1.54, 1.807) is 0 Å². The topological polar surface area (TPSA) is 20.2 Å². The van der Waals surface area contributed by atoms with Gasteiger partial charge in [-0.25, -0.2) is 0 Å². The number of benzene rings is 2. The van der Waals surface area contributed by atoms with Crippen LogP contribution in [0.2, 0.25) is 0 Å². The first-order valence-corrected chi connectivity index (χ1v) is 7.98. The van der Waals surface area contributed by atoms with Crippen LogP contribution in [0.5, 0.6) is 0 Å². The molecule has 0 heterocycles. The van der Waals surface area contributed by atoms with Crippen molar-refractivity contribution >= 4 is 15.9 Å². The van der Waals surface area contributed by atoms with E-state index in [0.717, 1.165) is 27.1 Å². The Kier molecular flexibility index (Phi) is 3.95. The number of hydrogen-bond donors (Lipinski definition) is 1. The number of hydrogen-bond acceptors (Lipinski definition) is 1. The zero-order chi connectivity index (χ0) is 14.1.